The molecular weight excluding hydrogens is 379 g/mol. The van der Waals surface area contributed by atoms with Gasteiger partial charge in [-0.1, -0.05) is 6.07 Å². The number of nitrogens with zero attached hydrogens (tertiary/aromatic N) is 3. The molecule has 0 spiro atoms. The first-order chi connectivity index (χ1) is 9.79. The molecule has 2 heterocycles. The van der Waals surface area contributed by atoms with Crippen LogP contribution in [-0.4, -0.2) is 47.2 Å². The maximum atomic E-state index is 9.46. The topological polar surface area (TPSA) is 74.7 Å². The van der Waals surface area contributed by atoms with Crippen LogP contribution in [-0.2, 0) is 6.42 Å². The summed E-state index contributed by atoms with van der Waals surface area (Å²) in [6, 6.07) is 5.83. The number of aromatic nitrogens is 1. The van der Waals surface area contributed by atoms with Gasteiger partial charge in [-0.05, 0) is 37.8 Å². The van der Waals surface area contributed by atoms with Crippen molar-refractivity contribution in [2.45, 2.75) is 25.7 Å². The minimum atomic E-state index is 0. The van der Waals surface area contributed by atoms with Crippen molar-refractivity contribution >= 4 is 29.9 Å². The molecule has 0 aliphatic carbocycles. The summed E-state index contributed by atoms with van der Waals surface area (Å²) in [5.74, 6) is 0.692. The first-order valence-corrected chi connectivity index (χ1v) is 7.35. The molecule has 1 fully saturated rings. The summed E-state index contributed by atoms with van der Waals surface area (Å²) in [5.41, 5.74) is 7.01. The van der Waals surface area contributed by atoms with E-state index in [0.29, 0.717) is 12.5 Å². The Bertz CT molecular complexity index is 421. The number of piperidine rings is 1. The van der Waals surface area contributed by atoms with Crippen LogP contribution in [0.2, 0.25) is 0 Å². The number of likely N-dealkylation sites (tertiary alicyclic amines) is 1. The molecule has 1 saturated heterocycles. The van der Waals surface area contributed by atoms with Gasteiger partial charge in [0.15, 0.2) is 5.96 Å². The van der Waals surface area contributed by atoms with Gasteiger partial charge in [0.1, 0.15) is 0 Å². The fourth-order valence-electron chi connectivity index (χ4n) is 2.45. The maximum Gasteiger partial charge on any atom is 0.191 e. The predicted molar refractivity (Wildman–Crippen MR) is 95.8 cm³/mol. The SMILES string of the molecule is I.NC(=NCC(CO)Cc1ccccn1)N1CCCCC1. The molecule has 1 aliphatic heterocycles. The minimum Gasteiger partial charge on any atom is -0.396 e. The van der Waals surface area contributed by atoms with Crippen LogP contribution in [0, 0.1) is 5.92 Å². The second-order valence-electron chi connectivity index (χ2n) is 5.32. The van der Waals surface area contributed by atoms with Crippen LogP contribution >= 0.6 is 24.0 Å². The Hall–Kier alpha value is -0.890. The summed E-state index contributed by atoms with van der Waals surface area (Å²) in [7, 11) is 0. The van der Waals surface area contributed by atoms with Gasteiger partial charge in [-0.3, -0.25) is 9.98 Å². The third-order valence-corrected chi connectivity index (χ3v) is 3.67. The minimum absolute atomic E-state index is 0. The Morgan fingerprint density at radius 1 is 1.33 bits per heavy atom. The number of halogens is 1. The summed E-state index contributed by atoms with van der Waals surface area (Å²) >= 11 is 0. The molecule has 3 N–H and O–H groups in total. The van der Waals surface area contributed by atoms with Gasteiger partial charge in [0.05, 0.1) is 0 Å². The smallest absolute Gasteiger partial charge is 0.191 e. The molecule has 0 bridgehead atoms. The molecule has 0 amide bonds. The first-order valence-electron chi connectivity index (χ1n) is 7.35. The molecule has 118 valence electrons. The molecule has 6 heteroatoms. The monoisotopic (exact) mass is 404 g/mol. The van der Waals surface area contributed by atoms with Crippen LogP contribution in [0.25, 0.3) is 0 Å². The molecule has 5 nitrogen and oxygen atoms in total. The Balaban J connectivity index is 0.00000220. The molecular formula is C15H25IN4O. The van der Waals surface area contributed by atoms with Crippen molar-refractivity contribution in [3.63, 3.8) is 0 Å². The van der Waals surface area contributed by atoms with Gasteiger partial charge in [0, 0.05) is 44.0 Å². The van der Waals surface area contributed by atoms with Crippen molar-refractivity contribution in [3.8, 4) is 0 Å². The number of hydrogen-bond acceptors (Lipinski definition) is 3. The number of pyridine rings is 1. The van der Waals surface area contributed by atoms with Crippen molar-refractivity contribution in [1.82, 2.24) is 9.88 Å². The van der Waals surface area contributed by atoms with Gasteiger partial charge >= 0.3 is 0 Å². The molecule has 21 heavy (non-hydrogen) atoms. The number of hydrogen-bond donors (Lipinski definition) is 2. The summed E-state index contributed by atoms with van der Waals surface area (Å²) in [5, 5.41) is 9.46. The zero-order chi connectivity index (χ0) is 14.2. The van der Waals surface area contributed by atoms with Crippen LogP contribution in [0.15, 0.2) is 29.4 Å². The lowest BCUT2D eigenvalue weighted by Gasteiger charge is -2.27. The maximum absolute atomic E-state index is 9.46. The molecule has 1 aliphatic rings. The van der Waals surface area contributed by atoms with Gasteiger partial charge in [0.25, 0.3) is 0 Å². The van der Waals surface area contributed by atoms with E-state index in [1.54, 1.807) is 6.20 Å². The van der Waals surface area contributed by atoms with Crippen molar-refractivity contribution < 1.29 is 5.11 Å². The molecule has 0 aromatic carbocycles. The number of guanidine groups is 1. The summed E-state index contributed by atoms with van der Waals surface area (Å²) in [6.45, 7) is 2.65. The number of rotatable bonds is 5. The quantitative estimate of drug-likeness (QED) is 0.445. The Labute approximate surface area is 143 Å². The van der Waals surface area contributed by atoms with E-state index in [1.165, 1.54) is 19.3 Å². The Morgan fingerprint density at radius 3 is 2.71 bits per heavy atom. The highest BCUT2D eigenvalue weighted by Gasteiger charge is 2.13. The van der Waals surface area contributed by atoms with Gasteiger partial charge < -0.3 is 15.7 Å². The highest BCUT2D eigenvalue weighted by atomic mass is 127. The third-order valence-electron chi connectivity index (χ3n) is 3.67. The molecule has 1 aromatic heterocycles. The standard InChI is InChI=1S/C15H24N4O.HI/c16-15(19-8-4-1-5-9-19)18-11-13(12-20)10-14-6-2-3-7-17-14;/h2-3,6-7,13,20H,1,4-5,8-12H2,(H2,16,18);1H. The Kier molecular flexibility index (Phi) is 8.60. The summed E-state index contributed by atoms with van der Waals surface area (Å²) in [4.78, 5) is 10.9. The molecule has 1 unspecified atom stereocenters. The number of aliphatic hydroxyl groups excluding tert-OH is 1. The van der Waals surface area contributed by atoms with Crippen LogP contribution < -0.4 is 5.73 Å². The Morgan fingerprint density at radius 2 is 2.10 bits per heavy atom. The molecule has 2 rings (SSSR count). The summed E-state index contributed by atoms with van der Waals surface area (Å²) in [6.07, 6.45) is 6.16. The van der Waals surface area contributed by atoms with Gasteiger partial charge in [-0.25, -0.2) is 0 Å². The molecule has 1 atom stereocenters. The highest BCUT2D eigenvalue weighted by molar-refractivity contribution is 14.0. The van der Waals surface area contributed by atoms with Gasteiger partial charge in [-0.15, -0.1) is 24.0 Å². The van der Waals surface area contributed by atoms with Crippen molar-refractivity contribution in [2.24, 2.45) is 16.6 Å². The van der Waals surface area contributed by atoms with Crippen LogP contribution in [0.5, 0.6) is 0 Å². The average molecular weight is 404 g/mol. The van der Waals surface area contributed by atoms with Crippen LogP contribution in [0.1, 0.15) is 25.0 Å². The van der Waals surface area contributed by atoms with Crippen LogP contribution in [0.4, 0.5) is 0 Å². The fraction of sp³-hybridized carbons (Fsp3) is 0.600. The number of aliphatic hydroxyl groups is 1. The lowest BCUT2D eigenvalue weighted by Crippen LogP contribution is -2.41. The predicted octanol–water partition coefficient (Wildman–Crippen LogP) is 1.65. The molecule has 0 radical (unpaired) electrons. The average Bonchev–Trinajstić information content (AvgIpc) is 2.53. The fourth-order valence-corrected chi connectivity index (χ4v) is 2.45. The lowest BCUT2D eigenvalue weighted by molar-refractivity contribution is 0.228. The number of aliphatic imine (C=N–C) groups is 1. The van der Waals surface area contributed by atoms with E-state index in [2.05, 4.69) is 14.9 Å². The largest absolute Gasteiger partial charge is 0.396 e. The normalized spacial score (nSPS) is 17.2. The van der Waals surface area contributed by atoms with Crippen molar-refractivity contribution in [3.05, 3.63) is 30.1 Å². The zero-order valence-electron chi connectivity index (χ0n) is 12.3. The molecule has 1 aromatic rings. The van der Waals surface area contributed by atoms with E-state index in [4.69, 9.17) is 5.73 Å². The van der Waals surface area contributed by atoms with Crippen LogP contribution in [0.3, 0.4) is 0 Å². The number of nitrogens with two attached hydrogens (primary N) is 1. The van der Waals surface area contributed by atoms with E-state index in [0.717, 1.165) is 25.2 Å². The zero-order valence-corrected chi connectivity index (χ0v) is 14.6. The molecule has 0 saturated carbocycles. The van der Waals surface area contributed by atoms with Gasteiger partial charge in [-0.2, -0.15) is 0 Å². The first kappa shape index (κ1) is 18.2. The highest BCUT2D eigenvalue weighted by Crippen LogP contribution is 2.09. The van der Waals surface area contributed by atoms with E-state index in [9.17, 15) is 5.11 Å². The second-order valence-corrected chi connectivity index (χ2v) is 5.32. The third kappa shape index (κ3) is 6.17. The van der Waals surface area contributed by atoms with E-state index in [1.807, 2.05) is 18.2 Å². The van der Waals surface area contributed by atoms with E-state index in [-0.39, 0.29) is 36.5 Å². The van der Waals surface area contributed by atoms with E-state index >= 15 is 0 Å². The lowest BCUT2D eigenvalue weighted by atomic mass is 10.0. The van der Waals surface area contributed by atoms with Crippen molar-refractivity contribution in [1.29, 1.82) is 0 Å². The van der Waals surface area contributed by atoms with Gasteiger partial charge in [0.2, 0.25) is 0 Å². The second kappa shape index (κ2) is 9.94. The van der Waals surface area contributed by atoms with Crippen molar-refractivity contribution in [2.75, 3.05) is 26.2 Å². The summed E-state index contributed by atoms with van der Waals surface area (Å²) < 4.78 is 0. The van der Waals surface area contributed by atoms with E-state index < -0.39 is 0 Å².